The molecule has 0 spiro atoms. The maximum absolute atomic E-state index is 3.41. The maximum atomic E-state index is 3.41. The molecule has 0 fully saturated rings. The van der Waals surface area contributed by atoms with Crippen molar-refractivity contribution in [3.05, 3.63) is 40.4 Å². The topological polar surface area (TPSA) is 0 Å². The average molecular weight is 239 g/mol. The molecule has 1 heteroatoms. The van der Waals surface area contributed by atoms with Gasteiger partial charge in [0.15, 0.2) is 0 Å². The van der Waals surface area contributed by atoms with Crippen LogP contribution in [0.15, 0.2) is 34.8 Å². The zero-order valence-corrected chi connectivity index (χ0v) is 9.55. The quantitative estimate of drug-likeness (QED) is 0.670. The molecule has 0 saturated carbocycles. The van der Waals surface area contributed by atoms with Gasteiger partial charge in [-0.1, -0.05) is 60.0 Å². The molecular weight excluding hydrogens is 224 g/mol. The zero-order valence-electron chi connectivity index (χ0n) is 7.96. The van der Waals surface area contributed by atoms with Gasteiger partial charge in [0.05, 0.1) is 0 Å². The Bertz CT molecular complexity index is 259. The molecule has 70 valence electrons. The molecule has 0 saturated heterocycles. The molecule has 0 radical (unpaired) electrons. The van der Waals surface area contributed by atoms with Crippen LogP contribution in [-0.4, -0.2) is 0 Å². The molecular formula is C12H15Br. The van der Waals surface area contributed by atoms with E-state index in [1.54, 1.807) is 0 Å². The lowest BCUT2D eigenvalue weighted by molar-refractivity contribution is 0.816. The van der Waals surface area contributed by atoms with E-state index in [0.717, 1.165) is 4.47 Å². The van der Waals surface area contributed by atoms with Crippen LogP contribution in [0.25, 0.3) is 6.08 Å². The first-order valence-corrected chi connectivity index (χ1v) is 5.54. The van der Waals surface area contributed by atoms with E-state index in [2.05, 4.69) is 59.3 Å². The summed E-state index contributed by atoms with van der Waals surface area (Å²) in [7, 11) is 0. The number of allylic oxidation sites excluding steroid dienone is 1. The normalized spacial score (nSPS) is 10.9. The van der Waals surface area contributed by atoms with Gasteiger partial charge >= 0.3 is 0 Å². The van der Waals surface area contributed by atoms with Gasteiger partial charge in [0.2, 0.25) is 0 Å². The minimum atomic E-state index is 1.14. The summed E-state index contributed by atoms with van der Waals surface area (Å²) < 4.78 is 1.14. The minimum absolute atomic E-state index is 1.14. The second kappa shape index (κ2) is 5.98. The van der Waals surface area contributed by atoms with Gasteiger partial charge in [-0.2, -0.15) is 0 Å². The molecule has 0 aliphatic heterocycles. The molecule has 0 N–H and O–H groups in total. The fourth-order valence-corrected chi connectivity index (χ4v) is 1.38. The van der Waals surface area contributed by atoms with Crippen molar-refractivity contribution in [2.45, 2.75) is 26.2 Å². The van der Waals surface area contributed by atoms with Crippen molar-refractivity contribution < 1.29 is 0 Å². The van der Waals surface area contributed by atoms with E-state index in [0.29, 0.717) is 0 Å². The standard InChI is InChI=1S/C12H15Br/c1-2-3-4-5-6-11-7-9-12(13)10-8-11/h5-10H,2-4H2,1H3/b6-5-. The van der Waals surface area contributed by atoms with Gasteiger partial charge < -0.3 is 0 Å². The van der Waals surface area contributed by atoms with E-state index >= 15 is 0 Å². The van der Waals surface area contributed by atoms with Crippen molar-refractivity contribution in [2.75, 3.05) is 0 Å². The van der Waals surface area contributed by atoms with Gasteiger partial charge in [-0.25, -0.2) is 0 Å². The van der Waals surface area contributed by atoms with E-state index in [1.807, 2.05) is 0 Å². The van der Waals surface area contributed by atoms with Gasteiger partial charge in [-0.3, -0.25) is 0 Å². The van der Waals surface area contributed by atoms with E-state index in [-0.39, 0.29) is 0 Å². The summed E-state index contributed by atoms with van der Waals surface area (Å²) in [5.74, 6) is 0. The van der Waals surface area contributed by atoms with Crippen LogP contribution >= 0.6 is 15.9 Å². The second-order valence-electron chi connectivity index (χ2n) is 3.10. The molecule has 0 nitrogen and oxygen atoms in total. The summed E-state index contributed by atoms with van der Waals surface area (Å²) in [5.41, 5.74) is 1.28. The predicted molar refractivity (Wildman–Crippen MR) is 62.7 cm³/mol. The molecule has 0 heterocycles. The predicted octanol–water partition coefficient (Wildman–Crippen LogP) is 4.65. The van der Waals surface area contributed by atoms with Crippen LogP contribution in [0.5, 0.6) is 0 Å². The number of hydrogen-bond acceptors (Lipinski definition) is 0. The SMILES string of the molecule is CCCC/C=C\c1ccc(Br)cc1. The van der Waals surface area contributed by atoms with Gasteiger partial charge in [-0.05, 0) is 24.1 Å². The first-order chi connectivity index (χ1) is 6.33. The van der Waals surface area contributed by atoms with Crippen LogP contribution in [0.2, 0.25) is 0 Å². The Morgan fingerprint density at radius 2 is 1.92 bits per heavy atom. The molecule has 0 unspecified atom stereocenters. The minimum Gasteiger partial charge on any atom is -0.0839 e. The van der Waals surface area contributed by atoms with Crippen LogP contribution in [0.1, 0.15) is 31.7 Å². The lowest BCUT2D eigenvalue weighted by Crippen LogP contribution is -1.71. The largest absolute Gasteiger partial charge is 0.0839 e. The summed E-state index contributed by atoms with van der Waals surface area (Å²) in [4.78, 5) is 0. The van der Waals surface area contributed by atoms with Gasteiger partial charge in [-0.15, -0.1) is 0 Å². The highest BCUT2D eigenvalue weighted by atomic mass is 79.9. The number of halogens is 1. The smallest absolute Gasteiger partial charge is 0.0175 e. The van der Waals surface area contributed by atoms with Crippen molar-refractivity contribution >= 4 is 22.0 Å². The van der Waals surface area contributed by atoms with Crippen LogP contribution in [0, 0.1) is 0 Å². The molecule has 1 rings (SSSR count). The number of unbranched alkanes of at least 4 members (excludes halogenated alkanes) is 2. The molecule has 13 heavy (non-hydrogen) atoms. The molecule has 0 amide bonds. The van der Waals surface area contributed by atoms with Crippen LogP contribution in [-0.2, 0) is 0 Å². The first-order valence-electron chi connectivity index (χ1n) is 4.75. The Hall–Kier alpha value is -0.560. The zero-order chi connectivity index (χ0) is 9.52. The fourth-order valence-electron chi connectivity index (χ4n) is 1.12. The van der Waals surface area contributed by atoms with Crippen LogP contribution < -0.4 is 0 Å². The summed E-state index contributed by atoms with van der Waals surface area (Å²) in [6.45, 7) is 2.22. The highest BCUT2D eigenvalue weighted by Gasteiger charge is 1.86. The van der Waals surface area contributed by atoms with E-state index in [1.165, 1.54) is 24.8 Å². The lowest BCUT2D eigenvalue weighted by Gasteiger charge is -1.93. The molecule has 0 atom stereocenters. The summed E-state index contributed by atoms with van der Waals surface area (Å²) in [6, 6.07) is 8.37. The summed E-state index contributed by atoms with van der Waals surface area (Å²) >= 11 is 3.41. The van der Waals surface area contributed by atoms with Crippen molar-refractivity contribution in [3.63, 3.8) is 0 Å². The van der Waals surface area contributed by atoms with Crippen molar-refractivity contribution in [2.24, 2.45) is 0 Å². The number of rotatable bonds is 4. The van der Waals surface area contributed by atoms with E-state index < -0.39 is 0 Å². The monoisotopic (exact) mass is 238 g/mol. The number of benzene rings is 1. The van der Waals surface area contributed by atoms with E-state index in [4.69, 9.17) is 0 Å². The molecule has 0 bridgehead atoms. The molecule has 0 aliphatic carbocycles. The lowest BCUT2D eigenvalue weighted by atomic mass is 10.2. The summed E-state index contributed by atoms with van der Waals surface area (Å²) in [6.07, 6.45) is 8.17. The second-order valence-corrected chi connectivity index (χ2v) is 4.01. The van der Waals surface area contributed by atoms with Crippen molar-refractivity contribution in [3.8, 4) is 0 Å². The molecule has 1 aromatic rings. The molecule has 1 aromatic carbocycles. The first kappa shape index (κ1) is 10.5. The third-order valence-electron chi connectivity index (χ3n) is 1.90. The fraction of sp³-hybridized carbons (Fsp3) is 0.333. The Kier molecular flexibility index (Phi) is 4.84. The average Bonchev–Trinajstić information content (AvgIpc) is 2.15. The number of hydrogen-bond donors (Lipinski definition) is 0. The molecule has 0 aliphatic rings. The maximum Gasteiger partial charge on any atom is 0.0175 e. The summed E-state index contributed by atoms with van der Waals surface area (Å²) in [5, 5.41) is 0. The third kappa shape index (κ3) is 4.28. The van der Waals surface area contributed by atoms with Gasteiger partial charge in [0.1, 0.15) is 0 Å². The van der Waals surface area contributed by atoms with Gasteiger partial charge in [0.25, 0.3) is 0 Å². The highest BCUT2D eigenvalue weighted by Crippen LogP contribution is 2.11. The van der Waals surface area contributed by atoms with E-state index in [9.17, 15) is 0 Å². The third-order valence-corrected chi connectivity index (χ3v) is 2.43. The van der Waals surface area contributed by atoms with Crippen LogP contribution in [0.4, 0.5) is 0 Å². The molecule has 0 aromatic heterocycles. The Balaban J connectivity index is 2.44. The Morgan fingerprint density at radius 3 is 2.54 bits per heavy atom. The Labute approximate surface area is 88.8 Å². The van der Waals surface area contributed by atoms with Gasteiger partial charge in [0, 0.05) is 4.47 Å². The Morgan fingerprint density at radius 1 is 1.23 bits per heavy atom. The van der Waals surface area contributed by atoms with Crippen molar-refractivity contribution in [1.82, 2.24) is 0 Å². The van der Waals surface area contributed by atoms with Crippen molar-refractivity contribution in [1.29, 1.82) is 0 Å². The highest BCUT2D eigenvalue weighted by molar-refractivity contribution is 9.10. The van der Waals surface area contributed by atoms with Crippen LogP contribution in [0.3, 0.4) is 0 Å².